The summed E-state index contributed by atoms with van der Waals surface area (Å²) in [6, 6.07) is 0. The predicted octanol–water partition coefficient (Wildman–Crippen LogP) is -2.40. The maximum Gasteiger partial charge on any atom is 0.141 e. The van der Waals surface area contributed by atoms with Crippen molar-refractivity contribution in [2.24, 2.45) is 0 Å². The third-order valence-electron chi connectivity index (χ3n) is 2.76. The van der Waals surface area contributed by atoms with Crippen LogP contribution in [-0.4, -0.2) is 23.5 Å². The van der Waals surface area contributed by atoms with Crippen LogP contribution in [0, 0.1) is 0 Å². The van der Waals surface area contributed by atoms with E-state index in [4.69, 9.17) is 0 Å². The van der Waals surface area contributed by atoms with Crippen LogP contribution in [0.4, 0.5) is 0 Å². The fourth-order valence-corrected chi connectivity index (χ4v) is 2.35. The Morgan fingerprint density at radius 2 is 1.38 bits per heavy atom. The van der Waals surface area contributed by atoms with Gasteiger partial charge in [0, 0.05) is 9.79 Å². The van der Waals surface area contributed by atoms with E-state index >= 15 is 0 Å². The number of benzene rings is 1. The zero-order chi connectivity index (χ0) is 10.2. The molecule has 0 nitrogen and oxygen atoms in total. The Hall–Kier alpha value is 0.115. The number of hydrogen-bond donors (Lipinski definition) is 2. The number of hydrogen-bond acceptors (Lipinski definition) is 2. The summed E-state index contributed by atoms with van der Waals surface area (Å²) in [6.45, 7) is 2.18. The topological polar surface area (TPSA) is 0 Å². The summed E-state index contributed by atoms with van der Waals surface area (Å²) >= 11 is 8.94. The van der Waals surface area contributed by atoms with Gasteiger partial charge >= 0.3 is 0 Å². The Morgan fingerprint density at radius 3 is 1.85 bits per heavy atom. The van der Waals surface area contributed by atoms with Crippen LogP contribution in [-0.2, 0) is 6.42 Å². The molecule has 0 aromatic heterocycles. The Labute approximate surface area is 93.9 Å². The molecule has 1 aromatic rings. The van der Waals surface area contributed by atoms with Crippen LogP contribution in [0.1, 0.15) is 12.5 Å². The van der Waals surface area contributed by atoms with E-state index in [-0.39, 0.29) is 0 Å². The highest BCUT2D eigenvalue weighted by molar-refractivity contribution is 7.84. The lowest BCUT2D eigenvalue weighted by Crippen LogP contribution is -2.37. The van der Waals surface area contributed by atoms with E-state index in [0.717, 1.165) is 16.2 Å². The lowest BCUT2D eigenvalue weighted by atomic mass is 9.72. The third-order valence-corrected chi connectivity index (χ3v) is 4.05. The van der Waals surface area contributed by atoms with Crippen molar-refractivity contribution < 1.29 is 0 Å². The van der Waals surface area contributed by atoms with Gasteiger partial charge < -0.3 is 0 Å². The molecule has 0 aliphatic carbocycles. The summed E-state index contributed by atoms with van der Waals surface area (Å²) < 4.78 is 0. The molecule has 0 atom stereocenters. The minimum absolute atomic E-state index is 1.02. The van der Waals surface area contributed by atoms with Gasteiger partial charge in [0.1, 0.15) is 23.5 Å². The molecular weight excluding hydrogens is 193 g/mol. The van der Waals surface area contributed by atoms with Gasteiger partial charge in [0.05, 0.1) is 0 Å². The van der Waals surface area contributed by atoms with Gasteiger partial charge in [0.25, 0.3) is 0 Å². The van der Waals surface area contributed by atoms with E-state index in [9.17, 15) is 0 Å². The molecule has 0 spiro atoms. The predicted molar refractivity (Wildman–Crippen MR) is 74.9 cm³/mol. The molecule has 0 saturated carbocycles. The highest BCUT2D eigenvalue weighted by Gasteiger charge is 2.10. The van der Waals surface area contributed by atoms with Crippen molar-refractivity contribution in [2.45, 2.75) is 23.1 Å². The van der Waals surface area contributed by atoms with Gasteiger partial charge in [-0.3, -0.25) is 0 Å². The van der Waals surface area contributed by atoms with Crippen LogP contribution < -0.4 is 16.4 Å². The van der Waals surface area contributed by atoms with Crippen molar-refractivity contribution >= 4 is 65.2 Å². The first-order valence-electron chi connectivity index (χ1n) is 4.51. The molecule has 0 fully saturated rings. The summed E-state index contributed by atoms with van der Waals surface area (Å²) in [5, 5.41) is 0. The van der Waals surface area contributed by atoms with E-state index in [2.05, 4.69) is 55.7 Å². The molecule has 0 saturated heterocycles. The lowest BCUT2D eigenvalue weighted by molar-refractivity contribution is 1.15. The van der Waals surface area contributed by atoms with Crippen LogP contribution in [0.25, 0.3) is 0 Å². The molecule has 13 heavy (non-hydrogen) atoms. The fourth-order valence-electron chi connectivity index (χ4n) is 1.71. The third kappa shape index (κ3) is 1.82. The molecule has 0 radical (unpaired) electrons. The highest BCUT2D eigenvalue weighted by Crippen LogP contribution is 2.13. The van der Waals surface area contributed by atoms with Crippen LogP contribution in [0.3, 0.4) is 0 Å². The van der Waals surface area contributed by atoms with E-state index in [1.807, 2.05) is 0 Å². The first kappa shape index (κ1) is 11.2. The number of rotatable bonds is 1. The van der Waals surface area contributed by atoms with Gasteiger partial charge in [-0.2, -0.15) is 0 Å². The average molecular weight is 206 g/mol. The van der Waals surface area contributed by atoms with Gasteiger partial charge in [-0.15, -0.1) is 25.3 Å². The van der Waals surface area contributed by atoms with E-state index in [1.165, 1.54) is 22.0 Å². The van der Waals surface area contributed by atoms with E-state index in [0.29, 0.717) is 0 Å². The van der Waals surface area contributed by atoms with Crippen molar-refractivity contribution in [2.75, 3.05) is 0 Å². The zero-order valence-corrected chi connectivity index (χ0v) is 10.4. The molecule has 5 heteroatoms. The molecule has 0 heterocycles. The largest absolute Gasteiger partial charge is 0.143 e. The van der Waals surface area contributed by atoms with Gasteiger partial charge in [0.2, 0.25) is 0 Å². The minimum atomic E-state index is 1.02. The number of thiol groups is 2. The molecular formula is C8H13B3S2. The second-order valence-corrected chi connectivity index (χ2v) is 4.30. The van der Waals surface area contributed by atoms with Crippen molar-refractivity contribution in [3.63, 3.8) is 0 Å². The minimum Gasteiger partial charge on any atom is -0.143 e. The van der Waals surface area contributed by atoms with Gasteiger partial charge in [-0.05, 0) is 6.42 Å². The Balaban J connectivity index is 3.56. The molecule has 66 valence electrons. The second-order valence-electron chi connectivity index (χ2n) is 3.40. The summed E-state index contributed by atoms with van der Waals surface area (Å²) in [5.74, 6) is 0. The summed E-state index contributed by atoms with van der Waals surface area (Å²) in [4.78, 5) is 2.05. The summed E-state index contributed by atoms with van der Waals surface area (Å²) in [6.07, 6.45) is 1.07. The SMILES string of the molecule is Bc1c(B)c(CC)c(B)c(S)c1S. The smallest absolute Gasteiger partial charge is 0.141 e. The highest BCUT2D eigenvalue weighted by atomic mass is 32.1. The van der Waals surface area contributed by atoms with Crippen molar-refractivity contribution in [3.8, 4) is 0 Å². The van der Waals surface area contributed by atoms with Crippen molar-refractivity contribution in [3.05, 3.63) is 5.56 Å². The Morgan fingerprint density at radius 1 is 0.923 bits per heavy atom. The van der Waals surface area contributed by atoms with Crippen LogP contribution in [0.5, 0.6) is 0 Å². The van der Waals surface area contributed by atoms with Gasteiger partial charge in [-0.25, -0.2) is 0 Å². The Kier molecular flexibility index (Phi) is 3.53. The van der Waals surface area contributed by atoms with Crippen LogP contribution in [0.2, 0.25) is 0 Å². The summed E-state index contributed by atoms with van der Waals surface area (Å²) in [5.41, 5.74) is 5.32. The molecule has 1 aromatic carbocycles. The van der Waals surface area contributed by atoms with E-state index < -0.39 is 0 Å². The molecule has 0 aliphatic heterocycles. The van der Waals surface area contributed by atoms with Crippen molar-refractivity contribution in [1.29, 1.82) is 0 Å². The van der Waals surface area contributed by atoms with E-state index in [1.54, 1.807) is 0 Å². The molecule has 1 rings (SSSR count). The van der Waals surface area contributed by atoms with Crippen LogP contribution >= 0.6 is 25.3 Å². The maximum absolute atomic E-state index is 4.48. The normalized spacial score (nSPS) is 10.4. The molecule has 0 bridgehead atoms. The van der Waals surface area contributed by atoms with Gasteiger partial charge in [-0.1, -0.05) is 28.9 Å². The first-order chi connectivity index (χ1) is 6.00. The monoisotopic (exact) mass is 206 g/mol. The standard InChI is InChI=1S/C8H13B3S2/c1-2-3-4(9)6(11)8(13)7(12)5(3)10/h12-13H,2,9-11H2,1H3. The second kappa shape index (κ2) is 4.10. The Bertz CT molecular complexity index is 321. The molecule has 0 N–H and O–H groups in total. The molecule has 0 amide bonds. The zero-order valence-electron chi connectivity index (χ0n) is 8.60. The van der Waals surface area contributed by atoms with Crippen molar-refractivity contribution in [1.82, 2.24) is 0 Å². The maximum atomic E-state index is 4.48. The first-order valence-corrected chi connectivity index (χ1v) is 5.40. The van der Waals surface area contributed by atoms with Gasteiger partial charge in [0.15, 0.2) is 0 Å². The summed E-state index contributed by atoms with van der Waals surface area (Å²) in [7, 11) is 6.39. The molecule has 0 aliphatic rings. The van der Waals surface area contributed by atoms with Crippen LogP contribution in [0.15, 0.2) is 9.79 Å². The lowest BCUT2D eigenvalue weighted by Gasteiger charge is -2.16. The quantitative estimate of drug-likeness (QED) is 0.371. The average Bonchev–Trinajstić information content (AvgIpc) is 2.13. The molecule has 0 unspecified atom stereocenters. The fraction of sp³-hybridized carbons (Fsp3) is 0.250.